The maximum absolute atomic E-state index is 13.5. The predicted octanol–water partition coefficient (Wildman–Crippen LogP) is 2.88. The van der Waals surface area contributed by atoms with Gasteiger partial charge in [0.25, 0.3) is 10.0 Å². The Kier molecular flexibility index (Phi) is 4.46. The summed E-state index contributed by atoms with van der Waals surface area (Å²) in [6, 6.07) is 6.41. The Hall–Kier alpha value is -1.70. The Balaban J connectivity index is 2.38. The highest BCUT2D eigenvalue weighted by molar-refractivity contribution is 7.92. The van der Waals surface area contributed by atoms with Crippen LogP contribution in [0.15, 0.2) is 41.3 Å². The molecule has 0 spiro atoms. The molecule has 0 saturated heterocycles. The topological polar surface area (TPSA) is 72.2 Å². The molecule has 0 aliphatic heterocycles. The first-order valence-electron chi connectivity index (χ1n) is 5.80. The molecule has 8 heteroatoms. The van der Waals surface area contributed by atoms with Gasteiger partial charge in [-0.2, -0.15) is 0 Å². The number of nitrogens with one attached hydrogen (secondary N) is 1. The average Bonchev–Trinajstić information content (AvgIpc) is 2.42. The van der Waals surface area contributed by atoms with Gasteiger partial charge in [-0.25, -0.2) is 17.2 Å². The van der Waals surface area contributed by atoms with E-state index >= 15 is 0 Å². The van der Waals surface area contributed by atoms with Crippen molar-refractivity contribution in [2.24, 2.45) is 5.73 Å². The second kappa shape index (κ2) is 5.97. The van der Waals surface area contributed by atoms with Gasteiger partial charge in [0.15, 0.2) is 0 Å². The SMILES string of the molecule is NCc1ccc(S(=O)(=O)Nc2cc(F)ccc2F)cc1Cl. The van der Waals surface area contributed by atoms with Gasteiger partial charge < -0.3 is 5.73 Å². The van der Waals surface area contributed by atoms with Gasteiger partial charge in [-0.15, -0.1) is 0 Å². The van der Waals surface area contributed by atoms with Crippen molar-refractivity contribution < 1.29 is 17.2 Å². The molecule has 112 valence electrons. The highest BCUT2D eigenvalue weighted by Crippen LogP contribution is 2.24. The molecule has 3 N–H and O–H groups in total. The van der Waals surface area contributed by atoms with Gasteiger partial charge in [-0.05, 0) is 29.8 Å². The Labute approximate surface area is 125 Å². The van der Waals surface area contributed by atoms with Gasteiger partial charge in [-0.1, -0.05) is 17.7 Å². The number of rotatable bonds is 4. The summed E-state index contributed by atoms with van der Waals surface area (Å²) >= 11 is 5.89. The lowest BCUT2D eigenvalue weighted by Gasteiger charge is -2.10. The molecule has 0 heterocycles. The average molecular weight is 333 g/mol. The molecule has 0 saturated carbocycles. The van der Waals surface area contributed by atoms with E-state index in [9.17, 15) is 17.2 Å². The van der Waals surface area contributed by atoms with Crippen molar-refractivity contribution >= 4 is 27.3 Å². The number of hydrogen-bond donors (Lipinski definition) is 2. The summed E-state index contributed by atoms with van der Waals surface area (Å²) in [5, 5.41) is 0.181. The minimum atomic E-state index is -4.08. The van der Waals surface area contributed by atoms with E-state index in [1.807, 2.05) is 4.72 Å². The van der Waals surface area contributed by atoms with Crippen LogP contribution in [-0.4, -0.2) is 8.42 Å². The van der Waals surface area contributed by atoms with E-state index in [1.165, 1.54) is 18.2 Å². The third-order valence-electron chi connectivity index (χ3n) is 2.73. The zero-order valence-corrected chi connectivity index (χ0v) is 12.2. The molecule has 4 nitrogen and oxygen atoms in total. The van der Waals surface area contributed by atoms with Crippen LogP contribution in [0.5, 0.6) is 0 Å². The molecule has 0 radical (unpaired) electrons. The second-order valence-electron chi connectivity index (χ2n) is 4.19. The van der Waals surface area contributed by atoms with E-state index < -0.39 is 27.3 Å². The number of benzene rings is 2. The van der Waals surface area contributed by atoms with E-state index in [4.69, 9.17) is 17.3 Å². The molecule has 0 aromatic heterocycles. The monoisotopic (exact) mass is 332 g/mol. The Morgan fingerprint density at radius 2 is 1.86 bits per heavy atom. The van der Waals surface area contributed by atoms with Crippen molar-refractivity contribution in [3.05, 3.63) is 58.6 Å². The van der Waals surface area contributed by atoms with Gasteiger partial charge in [0.05, 0.1) is 10.6 Å². The molecule has 0 fully saturated rings. The van der Waals surface area contributed by atoms with Gasteiger partial charge in [-0.3, -0.25) is 4.72 Å². The molecular weight excluding hydrogens is 322 g/mol. The van der Waals surface area contributed by atoms with Crippen LogP contribution in [0.2, 0.25) is 5.02 Å². The second-order valence-corrected chi connectivity index (χ2v) is 6.28. The van der Waals surface area contributed by atoms with Crippen LogP contribution in [-0.2, 0) is 16.6 Å². The van der Waals surface area contributed by atoms with Gasteiger partial charge in [0.2, 0.25) is 0 Å². The summed E-state index contributed by atoms with van der Waals surface area (Å²) in [6.07, 6.45) is 0. The fraction of sp³-hybridized carbons (Fsp3) is 0.0769. The van der Waals surface area contributed by atoms with Crippen LogP contribution in [0.25, 0.3) is 0 Å². The zero-order chi connectivity index (χ0) is 15.6. The normalized spacial score (nSPS) is 11.4. The smallest absolute Gasteiger partial charge is 0.262 e. The first-order valence-corrected chi connectivity index (χ1v) is 7.66. The summed E-state index contributed by atoms with van der Waals surface area (Å²) in [5.41, 5.74) is 5.53. The third-order valence-corrected chi connectivity index (χ3v) is 4.44. The third kappa shape index (κ3) is 3.49. The van der Waals surface area contributed by atoms with Crippen LogP contribution in [0.1, 0.15) is 5.56 Å². The zero-order valence-electron chi connectivity index (χ0n) is 10.6. The van der Waals surface area contributed by atoms with Crippen molar-refractivity contribution in [2.45, 2.75) is 11.4 Å². The van der Waals surface area contributed by atoms with Crippen molar-refractivity contribution in [3.8, 4) is 0 Å². The Morgan fingerprint density at radius 3 is 2.48 bits per heavy atom. The largest absolute Gasteiger partial charge is 0.326 e. The molecule has 21 heavy (non-hydrogen) atoms. The minimum Gasteiger partial charge on any atom is -0.326 e. The van der Waals surface area contributed by atoms with E-state index in [0.29, 0.717) is 5.56 Å². The van der Waals surface area contributed by atoms with E-state index in [1.54, 1.807) is 0 Å². The molecule has 2 rings (SSSR count). The van der Waals surface area contributed by atoms with Crippen molar-refractivity contribution in [1.82, 2.24) is 0 Å². The summed E-state index contributed by atoms with van der Waals surface area (Å²) in [7, 11) is -4.08. The quantitative estimate of drug-likeness (QED) is 0.904. The fourth-order valence-electron chi connectivity index (χ4n) is 1.64. The molecule has 0 aliphatic rings. The summed E-state index contributed by atoms with van der Waals surface area (Å²) < 4.78 is 52.8. The lowest BCUT2D eigenvalue weighted by molar-refractivity contribution is 0.594. The molecule has 0 aliphatic carbocycles. The number of anilines is 1. The summed E-state index contributed by atoms with van der Waals surface area (Å²) in [4.78, 5) is -0.173. The summed E-state index contributed by atoms with van der Waals surface area (Å²) in [5.74, 6) is -1.64. The van der Waals surface area contributed by atoms with Gasteiger partial charge in [0, 0.05) is 17.6 Å². The van der Waals surface area contributed by atoms with Crippen LogP contribution in [0, 0.1) is 11.6 Å². The van der Waals surface area contributed by atoms with E-state index in [0.717, 1.165) is 18.2 Å². The Morgan fingerprint density at radius 1 is 1.14 bits per heavy atom. The standard InChI is InChI=1S/C13H11ClF2N2O2S/c14-11-6-10(3-1-8(11)7-17)21(19,20)18-13-5-9(15)2-4-12(13)16/h1-6,18H,7,17H2. The molecule has 0 atom stereocenters. The summed E-state index contributed by atoms with van der Waals surface area (Å²) in [6.45, 7) is 0.158. The van der Waals surface area contributed by atoms with Crippen molar-refractivity contribution in [3.63, 3.8) is 0 Å². The van der Waals surface area contributed by atoms with Crippen molar-refractivity contribution in [2.75, 3.05) is 4.72 Å². The van der Waals surface area contributed by atoms with Crippen LogP contribution >= 0.6 is 11.6 Å². The molecular formula is C13H11ClF2N2O2S. The first kappa shape index (κ1) is 15.7. The Bertz CT molecular complexity index is 782. The van der Waals surface area contributed by atoms with E-state index in [2.05, 4.69) is 0 Å². The lowest BCUT2D eigenvalue weighted by atomic mass is 10.2. The lowest BCUT2D eigenvalue weighted by Crippen LogP contribution is -2.14. The number of sulfonamides is 1. The number of nitrogens with two attached hydrogens (primary N) is 1. The van der Waals surface area contributed by atoms with Crippen LogP contribution < -0.4 is 10.5 Å². The van der Waals surface area contributed by atoms with E-state index in [-0.39, 0.29) is 16.5 Å². The molecule has 2 aromatic carbocycles. The van der Waals surface area contributed by atoms with Crippen LogP contribution in [0.3, 0.4) is 0 Å². The maximum atomic E-state index is 13.5. The highest BCUT2D eigenvalue weighted by atomic mass is 35.5. The van der Waals surface area contributed by atoms with Crippen molar-refractivity contribution in [1.29, 1.82) is 0 Å². The highest BCUT2D eigenvalue weighted by Gasteiger charge is 2.18. The fourth-order valence-corrected chi connectivity index (χ4v) is 3.05. The van der Waals surface area contributed by atoms with Crippen LogP contribution in [0.4, 0.5) is 14.5 Å². The first-order chi connectivity index (χ1) is 9.83. The number of halogens is 3. The number of hydrogen-bond acceptors (Lipinski definition) is 3. The molecule has 0 bridgehead atoms. The predicted molar refractivity (Wildman–Crippen MR) is 76.5 cm³/mol. The van der Waals surface area contributed by atoms with Gasteiger partial charge >= 0.3 is 0 Å². The maximum Gasteiger partial charge on any atom is 0.262 e. The van der Waals surface area contributed by atoms with Gasteiger partial charge in [0.1, 0.15) is 11.6 Å². The molecule has 2 aromatic rings. The molecule has 0 amide bonds. The minimum absolute atomic E-state index is 0.158. The molecule has 0 unspecified atom stereocenters.